The topological polar surface area (TPSA) is 147 Å². The van der Waals surface area contributed by atoms with E-state index in [1.54, 1.807) is 6.92 Å². The van der Waals surface area contributed by atoms with Gasteiger partial charge in [0, 0.05) is 12.1 Å². The number of amides is 1. The molecule has 19 heavy (non-hydrogen) atoms. The number of rotatable bonds is 3. The molecule has 10 heteroatoms. The van der Waals surface area contributed by atoms with E-state index in [1.165, 1.54) is 0 Å². The highest BCUT2D eigenvalue weighted by atomic mass is 16.8. The second-order valence-electron chi connectivity index (χ2n) is 3.87. The first kappa shape index (κ1) is 12.8. The number of esters is 1. The maximum absolute atomic E-state index is 11.6. The van der Waals surface area contributed by atoms with Gasteiger partial charge in [0.25, 0.3) is 0 Å². The molecule has 0 aliphatic carbocycles. The fourth-order valence-electron chi connectivity index (χ4n) is 1.60. The number of carbonyl (C=O) groups excluding carboxylic acids is 2. The second kappa shape index (κ2) is 4.92. The number of nitrogens with zero attached hydrogens (tertiary/aromatic N) is 3. The van der Waals surface area contributed by atoms with Crippen molar-refractivity contribution in [3.05, 3.63) is 10.9 Å². The van der Waals surface area contributed by atoms with Gasteiger partial charge in [-0.25, -0.2) is 5.43 Å². The second-order valence-corrected chi connectivity index (χ2v) is 3.87. The van der Waals surface area contributed by atoms with Gasteiger partial charge in [0.15, 0.2) is 0 Å². The van der Waals surface area contributed by atoms with Crippen molar-refractivity contribution in [1.29, 1.82) is 0 Å². The molecule has 102 valence electrons. The number of ether oxygens (including phenoxy) is 1. The summed E-state index contributed by atoms with van der Waals surface area (Å²) in [6, 6.07) is 0. The summed E-state index contributed by atoms with van der Waals surface area (Å²) in [5, 5.41) is 17.9. The number of hydrogen-bond acceptors (Lipinski definition) is 8. The monoisotopic (exact) mass is 269 g/mol. The average Bonchev–Trinajstić information content (AvgIpc) is 2.93. The Kier molecular flexibility index (Phi) is 3.31. The summed E-state index contributed by atoms with van der Waals surface area (Å²) < 4.78 is 8.92. The fourth-order valence-corrected chi connectivity index (χ4v) is 1.60. The normalized spacial score (nSPS) is 19.3. The summed E-state index contributed by atoms with van der Waals surface area (Å²) >= 11 is 0. The van der Waals surface area contributed by atoms with Crippen LogP contribution in [0, 0.1) is 11.1 Å². The number of aromatic nitrogens is 2. The molecule has 2 heterocycles. The van der Waals surface area contributed by atoms with Crippen LogP contribution in [0.1, 0.15) is 23.8 Å². The van der Waals surface area contributed by atoms with Crippen LogP contribution in [0.5, 0.6) is 0 Å². The average molecular weight is 269 g/mol. The minimum absolute atomic E-state index is 0.126. The smallest absolute Gasteiger partial charge is 0.322 e. The van der Waals surface area contributed by atoms with Gasteiger partial charge in [-0.3, -0.25) is 14.2 Å². The number of nitrogens with one attached hydrogen (secondary N) is 1. The number of hydrazone groups is 1. The summed E-state index contributed by atoms with van der Waals surface area (Å²) in [4.78, 5) is 22.8. The molecule has 1 aliphatic rings. The first-order chi connectivity index (χ1) is 9.00. The number of nitrogens with two attached hydrogens (primary N) is 1. The van der Waals surface area contributed by atoms with Gasteiger partial charge < -0.3 is 15.7 Å². The molecular formula is C9H11N5O5. The van der Waals surface area contributed by atoms with E-state index in [4.69, 9.17) is 10.5 Å². The quantitative estimate of drug-likeness (QED) is 0.295. The Morgan fingerprint density at radius 1 is 1.68 bits per heavy atom. The summed E-state index contributed by atoms with van der Waals surface area (Å²) in [5.41, 5.74) is 7.27. The van der Waals surface area contributed by atoms with Gasteiger partial charge in [0.1, 0.15) is 0 Å². The van der Waals surface area contributed by atoms with Crippen LogP contribution in [0.4, 0.5) is 5.82 Å². The van der Waals surface area contributed by atoms with Crippen molar-refractivity contribution >= 4 is 23.4 Å². The van der Waals surface area contributed by atoms with E-state index in [-0.39, 0.29) is 16.7 Å². The molecule has 10 nitrogen and oxygen atoms in total. The maximum atomic E-state index is 11.6. The minimum atomic E-state index is -0.875. The minimum Gasteiger partial charge on any atom is -0.465 e. The van der Waals surface area contributed by atoms with Crippen LogP contribution in [-0.4, -0.2) is 29.4 Å². The molecule has 1 amide bonds. The predicted molar refractivity (Wildman–Crippen MR) is 59.5 cm³/mol. The van der Waals surface area contributed by atoms with Gasteiger partial charge in [-0.2, -0.15) is 5.10 Å². The van der Waals surface area contributed by atoms with Crippen molar-refractivity contribution in [3.8, 4) is 0 Å². The van der Waals surface area contributed by atoms with E-state index in [1.807, 2.05) is 0 Å². The predicted octanol–water partition coefficient (Wildman–Crippen LogP) is -1.44. The summed E-state index contributed by atoms with van der Waals surface area (Å²) in [6.07, 6.45) is 0.501. The van der Waals surface area contributed by atoms with Gasteiger partial charge in [0.05, 0.1) is 17.7 Å². The molecule has 0 spiro atoms. The maximum Gasteiger partial charge on any atom is 0.322 e. The van der Waals surface area contributed by atoms with Crippen LogP contribution in [-0.2, 0) is 9.53 Å². The van der Waals surface area contributed by atoms with Gasteiger partial charge in [-0.1, -0.05) is 0 Å². The van der Waals surface area contributed by atoms with Crippen molar-refractivity contribution in [2.24, 2.45) is 11.0 Å². The van der Waals surface area contributed by atoms with Crippen LogP contribution in [0.25, 0.3) is 0 Å². The number of hydrogen-bond donors (Lipinski definition) is 2. The van der Waals surface area contributed by atoms with Crippen LogP contribution < -0.4 is 16.1 Å². The van der Waals surface area contributed by atoms with Crippen LogP contribution in [0.3, 0.4) is 0 Å². The molecule has 0 saturated carbocycles. The van der Waals surface area contributed by atoms with E-state index in [0.29, 0.717) is 18.7 Å². The molecule has 1 unspecified atom stereocenters. The van der Waals surface area contributed by atoms with E-state index in [9.17, 15) is 14.8 Å². The van der Waals surface area contributed by atoms with Crippen molar-refractivity contribution in [2.75, 3.05) is 12.3 Å². The molecule has 0 aromatic carbocycles. The summed E-state index contributed by atoms with van der Waals surface area (Å²) in [6.45, 7) is 1.89. The van der Waals surface area contributed by atoms with E-state index >= 15 is 0 Å². The Morgan fingerprint density at radius 3 is 2.95 bits per heavy atom. The lowest BCUT2D eigenvalue weighted by atomic mass is 10.0. The zero-order valence-electron chi connectivity index (χ0n) is 9.95. The third-order valence-electron chi connectivity index (χ3n) is 2.63. The highest BCUT2D eigenvalue weighted by molar-refractivity contribution is 6.02. The van der Waals surface area contributed by atoms with Crippen molar-refractivity contribution in [1.82, 2.24) is 10.6 Å². The Hall–Kier alpha value is -2.65. The van der Waals surface area contributed by atoms with Crippen LogP contribution >= 0.6 is 0 Å². The molecule has 0 radical (unpaired) electrons. The number of anilines is 1. The largest absolute Gasteiger partial charge is 0.465 e. The Morgan fingerprint density at radius 2 is 2.42 bits per heavy atom. The molecule has 1 aliphatic heterocycles. The molecule has 0 bridgehead atoms. The fraction of sp³-hybridized carbons (Fsp3) is 0.444. The first-order valence-corrected chi connectivity index (χ1v) is 5.37. The van der Waals surface area contributed by atoms with Gasteiger partial charge in [0.2, 0.25) is 0 Å². The molecule has 1 atom stereocenters. The Balaban J connectivity index is 2.06. The molecule has 1 aromatic heterocycles. The van der Waals surface area contributed by atoms with Crippen molar-refractivity contribution in [2.45, 2.75) is 13.3 Å². The number of carbonyl (C=O) groups is 2. The summed E-state index contributed by atoms with van der Waals surface area (Å²) in [7, 11) is 0. The highest BCUT2D eigenvalue weighted by Crippen LogP contribution is 2.15. The molecule has 1 fully saturated rings. The SMILES string of the molecule is C/C(=N/NC(=O)c1c(N)no[n+]1[O-])C1CCOC1=O. The van der Waals surface area contributed by atoms with Crippen molar-refractivity contribution in [3.63, 3.8) is 0 Å². The van der Waals surface area contributed by atoms with E-state index < -0.39 is 17.5 Å². The summed E-state index contributed by atoms with van der Waals surface area (Å²) in [5.74, 6) is -2.10. The molecule has 1 saturated heterocycles. The van der Waals surface area contributed by atoms with Gasteiger partial charge in [-0.15, -0.1) is 0 Å². The zero-order valence-corrected chi connectivity index (χ0v) is 9.95. The van der Waals surface area contributed by atoms with Crippen LogP contribution in [0.2, 0.25) is 0 Å². The molecule has 1 aromatic rings. The Labute approximate surface area is 106 Å². The first-order valence-electron chi connectivity index (χ1n) is 5.37. The highest BCUT2D eigenvalue weighted by Gasteiger charge is 2.30. The lowest BCUT2D eigenvalue weighted by Crippen LogP contribution is -2.36. The third kappa shape index (κ3) is 2.46. The zero-order chi connectivity index (χ0) is 14.0. The van der Waals surface area contributed by atoms with E-state index in [0.717, 1.165) is 0 Å². The molecule has 2 rings (SSSR count). The van der Waals surface area contributed by atoms with Crippen LogP contribution in [0.15, 0.2) is 9.73 Å². The van der Waals surface area contributed by atoms with E-state index in [2.05, 4.69) is 20.3 Å². The molecular weight excluding hydrogens is 258 g/mol. The number of cyclic esters (lactones) is 1. The van der Waals surface area contributed by atoms with Crippen molar-refractivity contribution < 1.29 is 23.9 Å². The lowest BCUT2D eigenvalue weighted by molar-refractivity contribution is -0.803. The number of nitrogen functional groups attached to an aromatic ring is 1. The standard InChI is InChI=1S/C9H11N5O5/c1-4(5-2-3-18-9(5)16)11-12-8(15)6-7(10)13-19-14(6)17/h5H,2-3H2,1H3,(H2,10,13)(H,12,15)/b11-4-. The van der Waals surface area contributed by atoms with Gasteiger partial charge in [-0.05, 0) is 11.8 Å². The molecule has 3 N–H and O–H groups in total. The lowest BCUT2D eigenvalue weighted by Gasteiger charge is -2.04. The Bertz CT molecular complexity index is 532. The third-order valence-corrected chi connectivity index (χ3v) is 2.63. The van der Waals surface area contributed by atoms with Gasteiger partial charge >= 0.3 is 23.4 Å².